The third kappa shape index (κ3) is 4.08. The van der Waals surface area contributed by atoms with Gasteiger partial charge in [0.1, 0.15) is 5.82 Å². The molecule has 2 aromatic carbocycles. The number of halogens is 2. The van der Waals surface area contributed by atoms with Gasteiger partial charge in [0.25, 0.3) is 5.91 Å². The van der Waals surface area contributed by atoms with Crippen LogP contribution >= 0.6 is 23.2 Å². The van der Waals surface area contributed by atoms with Gasteiger partial charge in [0, 0.05) is 35.9 Å². The number of nitrogens with zero attached hydrogens (tertiary/aromatic N) is 2. The zero-order valence-electron chi connectivity index (χ0n) is 16.9. The van der Waals surface area contributed by atoms with Crippen LogP contribution in [0.1, 0.15) is 39.5 Å². The molecule has 158 valence electrons. The summed E-state index contributed by atoms with van der Waals surface area (Å²) in [6.07, 6.45) is 3.55. The third-order valence-electron chi connectivity index (χ3n) is 5.95. The van der Waals surface area contributed by atoms with Gasteiger partial charge in [0.05, 0.1) is 17.3 Å². The first-order chi connectivity index (χ1) is 15.1. The summed E-state index contributed by atoms with van der Waals surface area (Å²) >= 11 is 12.5. The number of hydrogen-bond donors (Lipinski definition) is 2. The van der Waals surface area contributed by atoms with Gasteiger partial charge < -0.3 is 15.5 Å². The van der Waals surface area contributed by atoms with Gasteiger partial charge in [-0.15, -0.1) is 0 Å². The molecule has 1 amide bonds. The van der Waals surface area contributed by atoms with E-state index in [4.69, 9.17) is 23.2 Å². The Balaban J connectivity index is 1.38. The van der Waals surface area contributed by atoms with Crippen LogP contribution < -0.4 is 15.5 Å². The Morgan fingerprint density at radius 1 is 1.19 bits per heavy atom. The second-order valence-electron chi connectivity index (χ2n) is 7.94. The van der Waals surface area contributed by atoms with E-state index in [1.807, 2.05) is 30.3 Å². The number of fused-ring (bicyclic) bond motifs is 2. The Kier molecular flexibility index (Phi) is 5.47. The van der Waals surface area contributed by atoms with Gasteiger partial charge in [-0.2, -0.15) is 0 Å². The van der Waals surface area contributed by atoms with Crippen LogP contribution in [0.5, 0.6) is 0 Å². The number of aryl methyl sites for hydroxylation is 1. The van der Waals surface area contributed by atoms with Crippen molar-refractivity contribution in [1.82, 2.24) is 10.3 Å². The highest BCUT2D eigenvalue weighted by atomic mass is 35.5. The van der Waals surface area contributed by atoms with Crippen molar-refractivity contribution in [3.63, 3.8) is 0 Å². The highest BCUT2D eigenvalue weighted by Gasteiger charge is 2.25. The van der Waals surface area contributed by atoms with Gasteiger partial charge in [-0.1, -0.05) is 47.5 Å². The van der Waals surface area contributed by atoms with Crippen LogP contribution in [-0.4, -0.2) is 24.0 Å². The van der Waals surface area contributed by atoms with E-state index in [1.165, 1.54) is 11.1 Å². The second-order valence-corrected chi connectivity index (χ2v) is 8.78. The Hall–Kier alpha value is -2.76. The van der Waals surface area contributed by atoms with Gasteiger partial charge in [-0.3, -0.25) is 4.79 Å². The molecule has 2 heterocycles. The minimum Gasteiger partial charge on any atom is -0.367 e. The second kappa shape index (κ2) is 8.40. The first kappa shape index (κ1) is 20.2. The van der Waals surface area contributed by atoms with Gasteiger partial charge >= 0.3 is 0 Å². The van der Waals surface area contributed by atoms with Gasteiger partial charge in [-0.25, -0.2) is 4.98 Å². The largest absolute Gasteiger partial charge is 0.367 e. The van der Waals surface area contributed by atoms with Crippen molar-refractivity contribution in [2.75, 3.05) is 23.3 Å². The molecule has 0 bridgehead atoms. The van der Waals surface area contributed by atoms with Gasteiger partial charge in [-0.05, 0) is 53.8 Å². The lowest BCUT2D eigenvalue weighted by molar-refractivity contribution is 0.0936. The molecule has 31 heavy (non-hydrogen) atoms. The monoisotopic (exact) mass is 452 g/mol. The first-order valence-corrected chi connectivity index (χ1v) is 11.2. The van der Waals surface area contributed by atoms with E-state index in [0.29, 0.717) is 22.2 Å². The number of carbonyl (C=O) groups excluding carboxylic acids is 1. The molecule has 0 saturated carbocycles. The van der Waals surface area contributed by atoms with E-state index in [-0.39, 0.29) is 11.9 Å². The molecule has 1 atom stereocenters. The molecule has 1 aliphatic heterocycles. The molecule has 5 rings (SSSR count). The highest BCUT2D eigenvalue weighted by molar-refractivity contribution is 6.33. The lowest BCUT2D eigenvalue weighted by Crippen LogP contribution is -2.35. The summed E-state index contributed by atoms with van der Waals surface area (Å²) in [7, 11) is 0. The Morgan fingerprint density at radius 3 is 2.97 bits per heavy atom. The SMILES string of the molecule is O=C(NC1CCc2ccccc21)c1cnc2c(c1)N(Cc1cc(Cl)ccc1Cl)CCN2. The number of carbonyl (C=O) groups is 1. The molecular formula is C24H22Cl2N4O. The summed E-state index contributed by atoms with van der Waals surface area (Å²) in [5.74, 6) is 0.662. The molecule has 0 radical (unpaired) electrons. The number of hydrogen-bond acceptors (Lipinski definition) is 4. The normalized spacial score (nSPS) is 17.0. The smallest absolute Gasteiger partial charge is 0.253 e. The fourth-order valence-corrected chi connectivity index (χ4v) is 4.74. The van der Waals surface area contributed by atoms with Crippen molar-refractivity contribution in [3.8, 4) is 0 Å². The van der Waals surface area contributed by atoms with E-state index < -0.39 is 0 Å². The van der Waals surface area contributed by atoms with Gasteiger partial charge in [0.2, 0.25) is 0 Å². The molecule has 2 aliphatic rings. The molecular weight excluding hydrogens is 431 g/mol. The van der Waals surface area contributed by atoms with Crippen LogP contribution in [-0.2, 0) is 13.0 Å². The number of pyridine rings is 1. The molecule has 1 aromatic heterocycles. The number of amides is 1. The molecule has 7 heteroatoms. The summed E-state index contributed by atoms with van der Waals surface area (Å²) in [4.78, 5) is 19.7. The van der Waals surface area contributed by atoms with E-state index in [0.717, 1.165) is 43.0 Å². The number of rotatable bonds is 4. The summed E-state index contributed by atoms with van der Waals surface area (Å²) < 4.78 is 0. The summed E-state index contributed by atoms with van der Waals surface area (Å²) in [6.45, 7) is 2.14. The summed E-state index contributed by atoms with van der Waals surface area (Å²) in [5, 5.41) is 7.82. The Labute approximate surface area is 191 Å². The number of aromatic nitrogens is 1. The fraction of sp³-hybridized carbons (Fsp3) is 0.250. The van der Waals surface area contributed by atoms with Crippen molar-refractivity contribution < 1.29 is 4.79 Å². The number of benzene rings is 2. The van der Waals surface area contributed by atoms with Crippen LogP contribution in [0.2, 0.25) is 10.0 Å². The highest BCUT2D eigenvalue weighted by Crippen LogP contribution is 2.33. The summed E-state index contributed by atoms with van der Waals surface area (Å²) in [5.41, 5.74) is 4.90. The quantitative estimate of drug-likeness (QED) is 0.568. The van der Waals surface area contributed by atoms with Gasteiger partial charge in [0.15, 0.2) is 0 Å². The van der Waals surface area contributed by atoms with Crippen LogP contribution in [0.3, 0.4) is 0 Å². The average molecular weight is 453 g/mol. The van der Waals surface area contributed by atoms with Crippen molar-refractivity contribution >= 4 is 40.6 Å². The molecule has 0 fully saturated rings. The van der Waals surface area contributed by atoms with E-state index in [2.05, 4.69) is 32.7 Å². The Bertz CT molecular complexity index is 1150. The fourth-order valence-electron chi connectivity index (χ4n) is 4.37. The van der Waals surface area contributed by atoms with Crippen LogP contribution in [0.4, 0.5) is 11.5 Å². The first-order valence-electron chi connectivity index (χ1n) is 10.4. The standard InChI is InChI=1S/C24H22Cl2N4O/c25-18-6-7-20(26)17(11-18)14-30-10-9-27-23-22(30)12-16(13-28-23)24(31)29-21-8-5-15-3-1-2-4-19(15)21/h1-4,6-7,11-13,21H,5,8-10,14H2,(H,27,28)(H,29,31). The molecule has 1 unspecified atom stereocenters. The van der Waals surface area contributed by atoms with E-state index in [1.54, 1.807) is 12.3 Å². The average Bonchev–Trinajstić information content (AvgIpc) is 3.19. The summed E-state index contributed by atoms with van der Waals surface area (Å²) in [6, 6.07) is 15.7. The topological polar surface area (TPSA) is 57.3 Å². The van der Waals surface area contributed by atoms with E-state index in [9.17, 15) is 4.79 Å². The Morgan fingerprint density at radius 2 is 2.06 bits per heavy atom. The predicted octanol–water partition coefficient (Wildman–Crippen LogP) is 5.24. The third-order valence-corrected chi connectivity index (χ3v) is 6.56. The number of anilines is 2. The van der Waals surface area contributed by atoms with Crippen molar-refractivity contribution in [2.45, 2.75) is 25.4 Å². The van der Waals surface area contributed by atoms with E-state index >= 15 is 0 Å². The predicted molar refractivity (Wildman–Crippen MR) is 125 cm³/mol. The molecule has 3 aromatic rings. The maximum Gasteiger partial charge on any atom is 0.253 e. The molecule has 0 spiro atoms. The molecule has 2 N–H and O–H groups in total. The number of nitrogens with one attached hydrogen (secondary N) is 2. The maximum absolute atomic E-state index is 13.0. The van der Waals surface area contributed by atoms with Crippen molar-refractivity contribution in [2.24, 2.45) is 0 Å². The van der Waals surface area contributed by atoms with Crippen molar-refractivity contribution in [1.29, 1.82) is 0 Å². The molecule has 1 aliphatic carbocycles. The maximum atomic E-state index is 13.0. The van der Waals surface area contributed by atoms with Crippen LogP contribution in [0.25, 0.3) is 0 Å². The zero-order valence-corrected chi connectivity index (χ0v) is 18.4. The van der Waals surface area contributed by atoms with Crippen LogP contribution in [0.15, 0.2) is 54.7 Å². The zero-order chi connectivity index (χ0) is 21.4. The minimum absolute atomic E-state index is 0.0410. The lowest BCUT2D eigenvalue weighted by atomic mass is 10.1. The van der Waals surface area contributed by atoms with Crippen molar-refractivity contribution in [3.05, 3.63) is 87.0 Å². The lowest BCUT2D eigenvalue weighted by Gasteiger charge is -2.32. The van der Waals surface area contributed by atoms with Crippen LogP contribution in [0, 0.1) is 0 Å². The molecule has 5 nitrogen and oxygen atoms in total. The molecule has 0 saturated heterocycles. The minimum atomic E-state index is -0.108.